The summed E-state index contributed by atoms with van der Waals surface area (Å²) in [5.74, 6) is 0.281. The Morgan fingerprint density at radius 2 is 1.63 bits per heavy atom. The maximum absolute atomic E-state index is 12.1. The van der Waals surface area contributed by atoms with Gasteiger partial charge in [0.1, 0.15) is 5.75 Å². The highest BCUT2D eigenvalue weighted by molar-refractivity contribution is 5.78. The van der Waals surface area contributed by atoms with E-state index in [-0.39, 0.29) is 11.7 Å². The number of aromatic hydroxyl groups is 1. The topological polar surface area (TPSA) is 40.5 Å². The summed E-state index contributed by atoms with van der Waals surface area (Å²) in [6, 6.07) is 16.6. The number of amides is 1. The van der Waals surface area contributed by atoms with Gasteiger partial charge < -0.3 is 10.0 Å². The molecular weight excluding hydrogens is 238 g/mol. The van der Waals surface area contributed by atoms with Crippen molar-refractivity contribution in [1.82, 2.24) is 4.90 Å². The Morgan fingerprint density at radius 1 is 1.00 bits per heavy atom. The first-order valence-corrected chi connectivity index (χ1v) is 6.21. The van der Waals surface area contributed by atoms with Crippen LogP contribution in [0.25, 0.3) is 0 Å². The third-order valence-corrected chi connectivity index (χ3v) is 2.98. The van der Waals surface area contributed by atoms with E-state index in [1.807, 2.05) is 30.3 Å². The van der Waals surface area contributed by atoms with Gasteiger partial charge >= 0.3 is 0 Å². The lowest BCUT2D eigenvalue weighted by Gasteiger charge is -2.17. The van der Waals surface area contributed by atoms with E-state index in [4.69, 9.17) is 0 Å². The molecule has 2 aromatic rings. The molecule has 0 unspecified atom stereocenters. The molecule has 0 saturated heterocycles. The van der Waals surface area contributed by atoms with E-state index >= 15 is 0 Å². The normalized spacial score (nSPS) is 10.2. The van der Waals surface area contributed by atoms with Crippen molar-refractivity contribution in [1.29, 1.82) is 0 Å². The van der Waals surface area contributed by atoms with E-state index in [0.717, 1.165) is 11.1 Å². The zero-order valence-corrected chi connectivity index (χ0v) is 10.9. The molecule has 2 aromatic carbocycles. The number of carbonyl (C=O) groups excluding carboxylic acids is 1. The van der Waals surface area contributed by atoms with Crippen LogP contribution in [0.1, 0.15) is 11.1 Å². The fourth-order valence-corrected chi connectivity index (χ4v) is 1.87. The van der Waals surface area contributed by atoms with Crippen molar-refractivity contribution in [2.75, 3.05) is 7.05 Å². The molecule has 2 rings (SSSR count). The Morgan fingerprint density at radius 3 is 2.26 bits per heavy atom. The highest BCUT2D eigenvalue weighted by atomic mass is 16.3. The van der Waals surface area contributed by atoms with E-state index in [1.54, 1.807) is 36.2 Å². The van der Waals surface area contributed by atoms with Crippen molar-refractivity contribution in [3.63, 3.8) is 0 Å². The summed E-state index contributed by atoms with van der Waals surface area (Å²) >= 11 is 0. The van der Waals surface area contributed by atoms with Crippen LogP contribution in [0.5, 0.6) is 5.75 Å². The van der Waals surface area contributed by atoms with Crippen molar-refractivity contribution < 1.29 is 9.90 Å². The second-order valence-electron chi connectivity index (χ2n) is 4.58. The summed E-state index contributed by atoms with van der Waals surface area (Å²) < 4.78 is 0. The number of phenols is 1. The maximum Gasteiger partial charge on any atom is 0.227 e. The lowest BCUT2D eigenvalue weighted by atomic mass is 10.1. The number of nitrogens with zero attached hydrogens (tertiary/aromatic N) is 1. The quantitative estimate of drug-likeness (QED) is 0.912. The van der Waals surface area contributed by atoms with Gasteiger partial charge in [0.05, 0.1) is 6.42 Å². The second-order valence-corrected chi connectivity index (χ2v) is 4.58. The first kappa shape index (κ1) is 13.1. The minimum atomic E-state index is 0.0644. The molecule has 0 aliphatic carbocycles. The summed E-state index contributed by atoms with van der Waals surface area (Å²) in [6.45, 7) is 0.609. The summed E-state index contributed by atoms with van der Waals surface area (Å²) in [5, 5.41) is 9.20. The van der Waals surface area contributed by atoms with Gasteiger partial charge in [-0.1, -0.05) is 42.5 Å². The van der Waals surface area contributed by atoms with Crippen LogP contribution in [-0.4, -0.2) is 23.0 Å². The summed E-state index contributed by atoms with van der Waals surface area (Å²) in [5.41, 5.74) is 2.02. The van der Waals surface area contributed by atoms with Gasteiger partial charge in [0.2, 0.25) is 5.91 Å². The largest absolute Gasteiger partial charge is 0.508 e. The van der Waals surface area contributed by atoms with Crippen LogP contribution in [0.4, 0.5) is 0 Å². The van der Waals surface area contributed by atoms with Crippen LogP contribution < -0.4 is 0 Å². The van der Waals surface area contributed by atoms with Crippen LogP contribution >= 0.6 is 0 Å². The first-order chi connectivity index (χ1) is 9.15. The third kappa shape index (κ3) is 3.85. The van der Waals surface area contributed by atoms with Crippen molar-refractivity contribution in [2.24, 2.45) is 0 Å². The Bertz CT molecular complexity index is 534. The van der Waals surface area contributed by atoms with Gasteiger partial charge in [-0.25, -0.2) is 0 Å². The molecule has 0 saturated carbocycles. The standard InChI is InChI=1S/C16H17NO2/c1-17(12-14-5-3-2-4-6-14)16(19)11-13-7-9-15(18)10-8-13/h2-10,18H,11-12H2,1H3. The highest BCUT2D eigenvalue weighted by Gasteiger charge is 2.10. The maximum atomic E-state index is 12.1. The number of hydrogen-bond donors (Lipinski definition) is 1. The van der Waals surface area contributed by atoms with Crippen LogP contribution in [-0.2, 0) is 17.8 Å². The third-order valence-electron chi connectivity index (χ3n) is 2.98. The van der Waals surface area contributed by atoms with Gasteiger partial charge in [0.25, 0.3) is 0 Å². The average Bonchev–Trinajstić information content (AvgIpc) is 2.42. The zero-order chi connectivity index (χ0) is 13.7. The van der Waals surface area contributed by atoms with Gasteiger partial charge in [0.15, 0.2) is 0 Å². The second kappa shape index (κ2) is 6.05. The summed E-state index contributed by atoms with van der Waals surface area (Å²) in [4.78, 5) is 13.8. The Balaban J connectivity index is 1.94. The van der Waals surface area contributed by atoms with Gasteiger partial charge in [-0.15, -0.1) is 0 Å². The van der Waals surface area contributed by atoms with Crippen LogP contribution in [0.15, 0.2) is 54.6 Å². The zero-order valence-electron chi connectivity index (χ0n) is 10.9. The number of rotatable bonds is 4. The molecule has 0 heterocycles. The highest BCUT2D eigenvalue weighted by Crippen LogP contribution is 2.11. The van der Waals surface area contributed by atoms with Gasteiger partial charge in [-0.3, -0.25) is 4.79 Å². The van der Waals surface area contributed by atoms with E-state index in [2.05, 4.69) is 0 Å². The van der Waals surface area contributed by atoms with Gasteiger partial charge in [0, 0.05) is 13.6 Å². The van der Waals surface area contributed by atoms with E-state index in [9.17, 15) is 9.90 Å². The predicted molar refractivity (Wildman–Crippen MR) is 74.7 cm³/mol. The fraction of sp³-hybridized carbons (Fsp3) is 0.188. The van der Waals surface area contributed by atoms with Gasteiger partial charge in [-0.2, -0.15) is 0 Å². The van der Waals surface area contributed by atoms with Crippen LogP contribution in [0.2, 0.25) is 0 Å². The SMILES string of the molecule is CN(Cc1ccccc1)C(=O)Cc1ccc(O)cc1. The molecule has 1 amide bonds. The number of hydrogen-bond acceptors (Lipinski definition) is 2. The van der Waals surface area contributed by atoms with Crippen molar-refractivity contribution in [2.45, 2.75) is 13.0 Å². The van der Waals surface area contributed by atoms with E-state index in [0.29, 0.717) is 13.0 Å². The molecule has 0 radical (unpaired) electrons. The van der Waals surface area contributed by atoms with Crippen molar-refractivity contribution in [3.05, 3.63) is 65.7 Å². The Hall–Kier alpha value is -2.29. The molecule has 3 nitrogen and oxygen atoms in total. The molecular formula is C16H17NO2. The minimum Gasteiger partial charge on any atom is -0.508 e. The lowest BCUT2D eigenvalue weighted by molar-refractivity contribution is -0.129. The molecule has 0 aliphatic rings. The molecule has 0 aliphatic heterocycles. The predicted octanol–water partition coefficient (Wildman–Crippen LogP) is 2.59. The summed E-state index contributed by atoms with van der Waals surface area (Å²) in [6.07, 6.45) is 0.351. The monoisotopic (exact) mass is 255 g/mol. The van der Waals surface area contributed by atoms with Crippen LogP contribution in [0, 0.1) is 0 Å². The number of likely N-dealkylation sites (N-methyl/N-ethyl adjacent to an activating group) is 1. The molecule has 98 valence electrons. The number of phenolic OH excluding ortho intramolecular Hbond substituents is 1. The molecule has 0 spiro atoms. The Labute approximate surface area is 113 Å². The van der Waals surface area contributed by atoms with Crippen molar-refractivity contribution >= 4 is 5.91 Å². The van der Waals surface area contributed by atoms with Gasteiger partial charge in [-0.05, 0) is 23.3 Å². The smallest absolute Gasteiger partial charge is 0.227 e. The van der Waals surface area contributed by atoms with E-state index in [1.165, 1.54) is 0 Å². The van der Waals surface area contributed by atoms with Crippen molar-refractivity contribution in [3.8, 4) is 5.75 Å². The lowest BCUT2D eigenvalue weighted by Crippen LogP contribution is -2.27. The molecule has 3 heteroatoms. The fourth-order valence-electron chi connectivity index (χ4n) is 1.87. The molecule has 0 atom stereocenters. The molecule has 0 aromatic heterocycles. The van der Waals surface area contributed by atoms with Crippen LogP contribution in [0.3, 0.4) is 0 Å². The summed E-state index contributed by atoms with van der Waals surface area (Å²) in [7, 11) is 1.80. The average molecular weight is 255 g/mol. The molecule has 19 heavy (non-hydrogen) atoms. The minimum absolute atomic E-state index is 0.0644. The first-order valence-electron chi connectivity index (χ1n) is 6.21. The molecule has 0 bridgehead atoms. The molecule has 1 N–H and O–H groups in total. The number of benzene rings is 2. The van der Waals surface area contributed by atoms with E-state index < -0.39 is 0 Å². The Kier molecular flexibility index (Phi) is 4.18. The molecule has 0 fully saturated rings. The number of carbonyl (C=O) groups is 1.